The van der Waals surface area contributed by atoms with Crippen molar-refractivity contribution in [1.29, 1.82) is 0 Å². The largest absolute Gasteiger partial charge is 0.493 e. The molecule has 0 unspecified atom stereocenters. The fraction of sp³-hybridized carbons (Fsp3) is 0.312. The number of anilines is 1. The predicted octanol–water partition coefficient (Wildman–Crippen LogP) is 3.22. The van der Waals surface area contributed by atoms with Crippen molar-refractivity contribution < 1.29 is 19.0 Å². The Hall–Kier alpha value is -2.14. The van der Waals surface area contributed by atoms with Crippen LogP contribution >= 0.6 is 11.6 Å². The highest BCUT2D eigenvalue weighted by molar-refractivity contribution is 6.18. The Bertz CT molecular complexity index is 687. The minimum absolute atomic E-state index is 0.295. The van der Waals surface area contributed by atoms with Gasteiger partial charge in [0.25, 0.3) is 0 Å². The van der Waals surface area contributed by atoms with Crippen LogP contribution in [0.15, 0.2) is 24.3 Å². The van der Waals surface area contributed by atoms with E-state index in [9.17, 15) is 4.79 Å². The zero-order valence-corrected chi connectivity index (χ0v) is 13.3. The third-order valence-corrected chi connectivity index (χ3v) is 3.33. The Morgan fingerprint density at radius 3 is 2.68 bits per heavy atom. The first-order valence-corrected chi connectivity index (χ1v) is 7.42. The molecule has 5 nitrogen and oxygen atoms in total. The Kier molecular flexibility index (Phi) is 5.33. The van der Waals surface area contributed by atoms with Crippen molar-refractivity contribution in [2.75, 3.05) is 31.9 Å². The number of esters is 1. The summed E-state index contributed by atoms with van der Waals surface area (Å²) in [6.07, 6.45) is 0. The van der Waals surface area contributed by atoms with E-state index in [1.54, 1.807) is 32.2 Å². The number of nitrogens with two attached hydrogens (primary N) is 1. The quantitative estimate of drug-likeness (QED) is 0.502. The summed E-state index contributed by atoms with van der Waals surface area (Å²) < 4.78 is 15.9. The van der Waals surface area contributed by atoms with Crippen molar-refractivity contribution in [3.63, 3.8) is 0 Å². The van der Waals surface area contributed by atoms with Gasteiger partial charge < -0.3 is 19.9 Å². The summed E-state index contributed by atoms with van der Waals surface area (Å²) in [5.74, 6) is 1.03. The third-order valence-electron chi connectivity index (χ3n) is 3.18. The van der Waals surface area contributed by atoms with E-state index in [1.807, 2.05) is 6.07 Å². The van der Waals surface area contributed by atoms with Gasteiger partial charge in [-0.1, -0.05) is 6.07 Å². The van der Waals surface area contributed by atoms with E-state index in [0.717, 1.165) is 5.39 Å². The van der Waals surface area contributed by atoms with Gasteiger partial charge in [-0.05, 0) is 30.5 Å². The van der Waals surface area contributed by atoms with Crippen molar-refractivity contribution >= 4 is 34.0 Å². The molecule has 0 fully saturated rings. The number of halogens is 1. The first-order chi connectivity index (χ1) is 10.6. The lowest BCUT2D eigenvalue weighted by Crippen LogP contribution is -2.08. The van der Waals surface area contributed by atoms with Gasteiger partial charge >= 0.3 is 5.97 Å². The number of carbonyl (C=O) groups is 1. The van der Waals surface area contributed by atoms with E-state index in [2.05, 4.69) is 0 Å². The number of nitrogen functional groups attached to an aromatic ring is 1. The van der Waals surface area contributed by atoms with Gasteiger partial charge in [-0.15, -0.1) is 11.6 Å². The molecule has 0 saturated heterocycles. The van der Waals surface area contributed by atoms with Crippen molar-refractivity contribution in [2.24, 2.45) is 0 Å². The average Bonchev–Trinajstić information content (AvgIpc) is 2.52. The highest BCUT2D eigenvalue weighted by Gasteiger charge is 2.15. The predicted molar refractivity (Wildman–Crippen MR) is 87.1 cm³/mol. The van der Waals surface area contributed by atoms with Gasteiger partial charge in [0.2, 0.25) is 0 Å². The Labute approximate surface area is 133 Å². The number of benzene rings is 2. The second-order valence-corrected chi connectivity index (χ2v) is 4.89. The number of carbonyl (C=O) groups excluding carboxylic acids is 1. The van der Waals surface area contributed by atoms with E-state index >= 15 is 0 Å². The normalized spacial score (nSPS) is 10.5. The van der Waals surface area contributed by atoms with Crippen LogP contribution in [0.4, 0.5) is 5.69 Å². The molecule has 0 saturated carbocycles. The molecule has 0 aliphatic heterocycles. The fourth-order valence-electron chi connectivity index (χ4n) is 2.16. The summed E-state index contributed by atoms with van der Waals surface area (Å²) in [6.45, 7) is 2.39. The average molecular weight is 324 g/mol. The minimum atomic E-state index is -0.444. The number of alkyl halides is 1. The van der Waals surface area contributed by atoms with E-state index in [0.29, 0.717) is 47.2 Å². The van der Waals surface area contributed by atoms with Crippen LogP contribution < -0.4 is 15.2 Å². The summed E-state index contributed by atoms with van der Waals surface area (Å²) in [4.78, 5) is 11.9. The summed E-state index contributed by atoms with van der Waals surface area (Å²) in [5.41, 5.74) is 6.81. The molecule has 2 aromatic rings. The maximum atomic E-state index is 11.9. The van der Waals surface area contributed by atoms with E-state index in [-0.39, 0.29) is 0 Å². The van der Waals surface area contributed by atoms with Crippen LogP contribution in [0.2, 0.25) is 0 Å². The second-order valence-electron chi connectivity index (χ2n) is 4.51. The Balaban J connectivity index is 2.54. The van der Waals surface area contributed by atoms with Crippen LogP contribution in [-0.4, -0.2) is 32.2 Å². The van der Waals surface area contributed by atoms with Gasteiger partial charge in [-0.25, -0.2) is 4.79 Å². The van der Waals surface area contributed by atoms with Crippen LogP contribution in [0.25, 0.3) is 10.8 Å². The van der Waals surface area contributed by atoms with E-state index in [1.165, 1.54) is 0 Å². The molecule has 2 rings (SSSR count). The number of ether oxygens (including phenoxy) is 3. The maximum absolute atomic E-state index is 11.9. The summed E-state index contributed by atoms with van der Waals surface area (Å²) in [7, 11) is 1.56. The van der Waals surface area contributed by atoms with Crippen molar-refractivity contribution in [3.05, 3.63) is 29.8 Å². The van der Waals surface area contributed by atoms with Crippen LogP contribution in [0.1, 0.15) is 17.3 Å². The van der Waals surface area contributed by atoms with E-state index in [4.69, 9.17) is 31.5 Å². The van der Waals surface area contributed by atoms with Gasteiger partial charge in [-0.3, -0.25) is 0 Å². The van der Waals surface area contributed by atoms with Crippen LogP contribution in [-0.2, 0) is 4.74 Å². The summed E-state index contributed by atoms with van der Waals surface area (Å²) in [6, 6.07) is 7.00. The molecule has 0 heterocycles. The molecule has 0 radical (unpaired) electrons. The molecule has 6 heteroatoms. The second kappa shape index (κ2) is 7.22. The molecular weight excluding hydrogens is 306 g/mol. The third kappa shape index (κ3) is 3.20. The van der Waals surface area contributed by atoms with Gasteiger partial charge in [0.05, 0.1) is 30.8 Å². The molecule has 0 atom stereocenters. The summed E-state index contributed by atoms with van der Waals surface area (Å²) >= 11 is 5.65. The lowest BCUT2D eigenvalue weighted by Gasteiger charge is -2.14. The molecule has 0 spiro atoms. The molecule has 0 aliphatic carbocycles. The molecule has 0 aliphatic rings. The van der Waals surface area contributed by atoms with Gasteiger partial charge in [0, 0.05) is 5.39 Å². The highest BCUT2D eigenvalue weighted by Crippen LogP contribution is 2.36. The summed E-state index contributed by atoms with van der Waals surface area (Å²) in [5, 5.41) is 1.55. The maximum Gasteiger partial charge on any atom is 0.340 e. The molecular formula is C16H18ClNO4. The van der Waals surface area contributed by atoms with Crippen LogP contribution in [0.5, 0.6) is 11.5 Å². The fourth-order valence-corrected chi connectivity index (χ4v) is 2.24. The smallest absolute Gasteiger partial charge is 0.340 e. The molecule has 2 N–H and O–H groups in total. The zero-order chi connectivity index (χ0) is 16.1. The van der Waals surface area contributed by atoms with Crippen LogP contribution in [0, 0.1) is 0 Å². The van der Waals surface area contributed by atoms with Crippen molar-refractivity contribution in [3.8, 4) is 11.5 Å². The highest BCUT2D eigenvalue weighted by atomic mass is 35.5. The molecule has 0 amide bonds. The molecule has 0 bridgehead atoms. The van der Waals surface area contributed by atoms with Gasteiger partial charge in [-0.2, -0.15) is 0 Å². The van der Waals surface area contributed by atoms with E-state index < -0.39 is 5.97 Å². The monoisotopic (exact) mass is 323 g/mol. The first kappa shape index (κ1) is 16.2. The van der Waals surface area contributed by atoms with Crippen LogP contribution in [0.3, 0.4) is 0 Å². The number of hydrogen-bond acceptors (Lipinski definition) is 5. The standard InChI is InChI=1S/C16H18ClNO4/c1-3-21-16(19)11-5-4-10-8-13(20-2)14(22-7-6-17)9-12(10)15(11)18/h4-5,8-9H,3,6-7,18H2,1-2H3. The zero-order valence-electron chi connectivity index (χ0n) is 12.5. The minimum Gasteiger partial charge on any atom is -0.493 e. The first-order valence-electron chi connectivity index (χ1n) is 6.88. The lowest BCUT2D eigenvalue weighted by molar-refractivity contribution is 0.0528. The number of rotatable bonds is 6. The SMILES string of the molecule is CCOC(=O)c1ccc2cc(OC)c(OCCCl)cc2c1N. The Morgan fingerprint density at radius 2 is 2.05 bits per heavy atom. The molecule has 0 aromatic heterocycles. The van der Waals surface area contributed by atoms with Crippen molar-refractivity contribution in [2.45, 2.75) is 6.92 Å². The molecule has 2 aromatic carbocycles. The number of methoxy groups -OCH3 is 1. The molecule has 22 heavy (non-hydrogen) atoms. The van der Waals surface area contributed by atoms with Gasteiger partial charge in [0.1, 0.15) is 6.61 Å². The topological polar surface area (TPSA) is 70.8 Å². The Morgan fingerprint density at radius 1 is 1.27 bits per heavy atom. The number of hydrogen-bond donors (Lipinski definition) is 1. The number of fused-ring (bicyclic) bond motifs is 1. The van der Waals surface area contributed by atoms with Gasteiger partial charge in [0.15, 0.2) is 11.5 Å². The van der Waals surface area contributed by atoms with Crippen molar-refractivity contribution in [1.82, 2.24) is 0 Å². The molecule has 118 valence electrons. The lowest BCUT2D eigenvalue weighted by atomic mass is 10.0.